The average molecular weight is 583 g/mol. The summed E-state index contributed by atoms with van der Waals surface area (Å²) >= 11 is 3.33. The Hall–Kier alpha value is -2.46. The second kappa shape index (κ2) is 12.7. The summed E-state index contributed by atoms with van der Waals surface area (Å²) in [4.78, 5) is 28.4. The highest BCUT2D eigenvalue weighted by Gasteiger charge is 2.32. The third-order valence-corrected chi connectivity index (χ3v) is 8.07. The van der Waals surface area contributed by atoms with Crippen molar-refractivity contribution in [3.05, 3.63) is 64.4 Å². The highest BCUT2D eigenvalue weighted by molar-refractivity contribution is 9.10. The van der Waals surface area contributed by atoms with Crippen molar-refractivity contribution in [3.8, 4) is 0 Å². The van der Waals surface area contributed by atoms with Crippen LogP contribution < -0.4 is 9.62 Å². The highest BCUT2D eigenvalue weighted by atomic mass is 79.9. The first-order valence-electron chi connectivity index (χ1n) is 12.2. The first-order valence-corrected chi connectivity index (χ1v) is 14.8. The van der Waals surface area contributed by atoms with Gasteiger partial charge < -0.3 is 10.2 Å². The van der Waals surface area contributed by atoms with Crippen LogP contribution in [-0.2, 0) is 26.2 Å². The number of carbonyl (C=O) groups excluding carboxylic acids is 2. The summed E-state index contributed by atoms with van der Waals surface area (Å²) in [5.74, 6) is -1.18. The lowest BCUT2D eigenvalue weighted by atomic mass is 9.95. The Bertz CT molecular complexity index is 1140. The number of hydrogen-bond donors (Lipinski definition) is 1. The molecular weight excluding hydrogens is 549 g/mol. The zero-order valence-corrected chi connectivity index (χ0v) is 23.0. The number of rotatable bonds is 10. The molecule has 1 aliphatic carbocycles. The minimum absolute atomic E-state index is 0.0493. The zero-order chi connectivity index (χ0) is 26.3. The number of sulfonamides is 1. The fourth-order valence-electron chi connectivity index (χ4n) is 4.47. The molecule has 3 rings (SSSR count). The van der Waals surface area contributed by atoms with E-state index >= 15 is 0 Å². The van der Waals surface area contributed by atoms with Crippen LogP contribution in [-0.4, -0.2) is 50.0 Å². The van der Waals surface area contributed by atoms with Crippen LogP contribution in [0.15, 0.2) is 53.0 Å². The number of benzene rings is 2. The summed E-state index contributed by atoms with van der Waals surface area (Å²) in [6.07, 6.45) is 6.45. The van der Waals surface area contributed by atoms with Crippen LogP contribution in [0.2, 0.25) is 0 Å². The Balaban J connectivity index is 1.89. The molecule has 1 aliphatic rings. The van der Waals surface area contributed by atoms with Gasteiger partial charge in [-0.15, -0.1) is 0 Å². The normalized spacial score (nSPS) is 15.2. The molecule has 0 aromatic heterocycles. The minimum atomic E-state index is -3.79. The summed E-state index contributed by atoms with van der Waals surface area (Å²) in [6, 6.07) is 11.6. The van der Waals surface area contributed by atoms with Gasteiger partial charge in [-0.2, -0.15) is 0 Å². The van der Waals surface area contributed by atoms with Crippen molar-refractivity contribution in [2.45, 2.75) is 64.1 Å². The van der Waals surface area contributed by atoms with E-state index in [-0.39, 0.29) is 18.5 Å². The van der Waals surface area contributed by atoms with Crippen LogP contribution in [0.4, 0.5) is 10.1 Å². The number of nitrogens with one attached hydrogen (secondary N) is 1. The van der Waals surface area contributed by atoms with Gasteiger partial charge >= 0.3 is 0 Å². The van der Waals surface area contributed by atoms with Crippen LogP contribution in [0.1, 0.15) is 51.0 Å². The Morgan fingerprint density at radius 2 is 1.67 bits per heavy atom. The van der Waals surface area contributed by atoms with Crippen molar-refractivity contribution in [2.24, 2.45) is 0 Å². The molecule has 1 N–H and O–H groups in total. The molecule has 0 spiro atoms. The molecule has 1 unspecified atom stereocenters. The molecular formula is C26H33BrFN3O4S. The van der Waals surface area contributed by atoms with Crippen LogP contribution >= 0.6 is 15.9 Å². The largest absolute Gasteiger partial charge is 0.352 e. The van der Waals surface area contributed by atoms with Crippen molar-refractivity contribution in [1.82, 2.24) is 10.2 Å². The van der Waals surface area contributed by atoms with Gasteiger partial charge in [0, 0.05) is 17.1 Å². The van der Waals surface area contributed by atoms with E-state index in [1.165, 1.54) is 17.0 Å². The second-order valence-electron chi connectivity index (χ2n) is 9.16. The SMILES string of the molecule is CCC(C(=O)NC1CCCCC1)N(Cc1ccc(F)cc1)C(=O)CN(c1ccc(Br)cc1)S(C)(=O)=O. The van der Waals surface area contributed by atoms with Crippen LogP contribution in [0.3, 0.4) is 0 Å². The molecule has 1 fully saturated rings. The van der Waals surface area contributed by atoms with E-state index in [1.807, 2.05) is 6.92 Å². The van der Waals surface area contributed by atoms with E-state index < -0.39 is 34.3 Å². The van der Waals surface area contributed by atoms with Gasteiger partial charge in [-0.1, -0.05) is 54.2 Å². The smallest absolute Gasteiger partial charge is 0.244 e. The molecule has 7 nitrogen and oxygen atoms in total. The van der Waals surface area contributed by atoms with Crippen molar-refractivity contribution in [3.63, 3.8) is 0 Å². The molecule has 0 saturated heterocycles. The molecule has 0 heterocycles. The van der Waals surface area contributed by atoms with Gasteiger partial charge in [-0.05, 0) is 61.2 Å². The van der Waals surface area contributed by atoms with Gasteiger partial charge in [0.1, 0.15) is 18.4 Å². The average Bonchev–Trinajstić information content (AvgIpc) is 2.84. The molecule has 0 aliphatic heterocycles. The molecule has 36 heavy (non-hydrogen) atoms. The van der Waals surface area contributed by atoms with Gasteiger partial charge in [0.15, 0.2) is 0 Å². The van der Waals surface area contributed by atoms with E-state index in [1.54, 1.807) is 36.4 Å². The lowest BCUT2D eigenvalue weighted by molar-refractivity contribution is -0.140. The molecule has 1 saturated carbocycles. The Labute approximate surface area is 221 Å². The number of amides is 2. The zero-order valence-electron chi connectivity index (χ0n) is 20.6. The fourth-order valence-corrected chi connectivity index (χ4v) is 5.59. The third kappa shape index (κ3) is 7.77. The Morgan fingerprint density at radius 3 is 2.22 bits per heavy atom. The minimum Gasteiger partial charge on any atom is -0.352 e. The van der Waals surface area contributed by atoms with Gasteiger partial charge in [0.25, 0.3) is 0 Å². The predicted molar refractivity (Wildman–Crippen MR) is 142 cm³/mol. The lowest BCUT2D eigenvalue weighted by Gasteiger charge is -2.34. The Morgan fingerprint density at radius 1 is 1.06 bits per heavy atom. The summed E-state index contributed by atoms with van der Waals surface area (Å²) < 4.78 is 40.6. The van der Waals surface area contributed by atoms with Gasteiger partial charge in [0.2, 0.25) is 21.8 Å². The molecule has 2 aromatic carbocycles. The summed E-state index contributed by atoms with van der Waals surface area (Å²) in [7, 11) is -3.79. The van der Waals surface area contributed by atoms with E-state index in [0.29, 0.717) is 17.7 Å². The van der Waals surface area contributed by atoms with E-state index in [9.17, 15) is 22.4 Å². The lowest BCUT2D eigenvalue weighted by Crippen LogP contribution is -2.53. The molecule has 2 aromatic rings. The molecule has 2 amide bonds. The number of hydrogen-bond acceptors (Lipinski definition) is 4. The monoisotopic (exact) mass is 581 g/mol. The molecule has 0 bridgehead atoms. The van der Waals surface area contributed by atoms with Gasteiger partial charge in [0.05, 0.1) is 11.9 Å². The molecule has 0 radical (unpaired) electrons. The number of carbonyl (C=O) groups is 2. The number of nitrogens with zero attached hydrogens (tertiary/aromatic N) is 2. The van der Waals surface area contributed by atoms with Crippen molar-refractivity contribution < 1.29 is 22.4 Å². The quantitative estimate of drug-likeness (QED) is 0.444. The van der Waals surface area contributed by atoms with Crippen molar-refractivity contribution >= 4 is 43.5 Å². The predicted octanol–water partition coefficient (Wildman–Crippen LogP) is 4.61. The molecule has 196 valence electrons. The maximum atomic E-state index is 13.7. The summed E-state index contributed by atoms with van der Waals surface area (Å²) in [5, 5.41) is 3.09. The molecule has 10 heteroatoms. The molecule has 1 atom stereocenters. The highest BCUT2D eigenvalue weighted by Crippen LogP contribution is 2.23. The first kappa shape index (κ1) is 28.1. The van der Waals surface area contributed by atoms with Crippen molar-refractivity contribution in [2.75, 3.05) is 17.1 Å². The second-order valence-corrected chi connectivity index (χ2v) is 12.0. The maximum Gasteiger partial charge on any atom is 0.244 e. The van der Waals surface area contributed by atoms with Gasteiger partial charge in [-0.3, -0.25) is 13.9 Å². The maximum absolute atomic E-state index is 13.7. The Kier molecular flexibility index (Phi) is 9.90. The van der Waals surface area contributed by atoms with Crippen LogP contribution in [0.5, 0.6) is 0 Å². The number of halogens is 2. The topological polar surface area (TPSA) is 86.8 Å². The van der Waals surface area contributed by atoms with Crippen molar-refractivity contribution in [1.29, 1.82) is 0 Å². The standard InChI is InChI=1S/C26H33BrFN3O4S/c1-3-24(26(33)29-22-7-5-4-6-8-22)30(17-19-9-13-21(28)14-10-19)25(32)18-31(36(2,34)35)23-15-11-20(27)12-16-23/h9-16,22,24H,3-8,17-18H2,1-2H3,(H,29,33). The first-order chi connectivity index (χ1) is 17.1. The van der Waals surface area contributed by atoms with E-state index in [4.69, 9.17) is 0 Å². The van der Waals surface area contributed by atoms with E-state index in [0.717, 1.165) is 47.1 Å². The van der Waals surface area contributed by atoms with E-state index in [2.05, 4.69) is 21.2 Å². The summed E-state index contributed by atoms with van der Waals surface area (Å²) in [5.41, 5.74) is 0.985. The summed E-state index contributed by atoms with van der Waals surface area (Å²) in [6.45, 7) is 1.40. The van der Waals surface area contributed by atoms with Crippen LogP contribution in [0.25, 0.3) is 0 Å². The van der Waals surface area contributed by atoms with Crippen LogP contribution in [0, 0.1) is 5.82 Å². The fraction of sp³-hybridized carbons (Fsp3) is 0.462. The van der Waals surface area contributed by atoms with Gasteiger partial charge in [-0.25, -0.2) is 12.8 Å². The third-order valence-electron chi connectivity index (χ3n) is 6.40. The number of anilines is 1.